The van der Waals surface area contributed by atoms with Gasteiger partial charge in [-0.25, -0.2) is 13.2 Å². The van der Waals surface area contributed by atoms with Crippen LogP contribution in [0.15, 0.2) is 42.5 Å². The molecule has 1 N–H and O–H groups in total. The topological polar surface area (TPSA) is 12.0 Å². The predicted octanol–water partition coefficient (Wildman–Crippen LogP) is 4.63. The number of halogens is 3. The fraction of sp³-hybridized carbons (Fsp3) is 0.125. The lowest BCUT2D eigenvalue weighted by Crippen LogP contribution is -2.19. The number of thiophene rings is 1. The summed E-state index contributed by atoms with van der Waals surface area (Å²) < 4.78 is 41.9. The van der Waals surface area contributed by atoms with E-state index in [1.807, 2.05) is 6.07 Å². The summed E-state index contributed by atoms with van der Waals surface area (Å²) in [6.45, 7) is 0. The molecule has 108 valence electrons. The Balaban J connectivity index is 2.14. The SMILES string of the molecule is CNC(c1cc2ccc(F)cc2s1)c1c(F)cccc1F. The van der Waals surface area contributed by atoms with Crippen LogP contribution in [0.5, 0.6) is 0 Å². The zero-order valence-corrected chi connectivity index (χ0v) is 12.0. The number of hydrogen-bond acceptors (Lipinski definition) is 2. The largest absolute Gasteiger partial charge is 0.308 e. The highest BCUT2D eigenvalue weighted by atomic mass is 32.1. The maximum absolute atomic E-state index is 14.0. The average Bonchev–Trinajstić information content (AvgIpc) is 2.85. The van der Waals surface area contributed by atoms with Crippen molar-refractivity contribution in [2.24, 2.45) is 0 Å². The summed E-state index contributed by atoms with van der Waals surface area (Å²) in [5, 5.41) is 3.78. The molecule has 0 saturated heterocycles. The highest BCUT2D eigenvalue weighted by Gasteiger charge is 2.22. The third-order valence-electron chi connectivity index (χ3n) is 3.36. The van der Waals surface area contributed by atoms with E-state index in [4.69, 9.17) is 0 Å². The predicted molar refractivity (Wildman–Crippen MR) is 79.0 cm³/mol. The lowest BCUT2D eigenvalue weighted by atomic mass is 10.0. The Hall–Kier alpha value is -1.85. The van der Waals surface area contributed by atoms with Gasteiger partial charge in [0, 0.05) is 15.1 Å². The molecule has 0 aliphatic heterocycles. The third-order valence-corrected chi connectivity index (χ3v) is 4.53. The van der Waals surface area contributed by atoms with Crippen LogP contribution in [0.25, 0.3) is 10.1 Å². The number of rotatable bonds is 3. The fourth-order valence-corrected chi connectivity index (χ4v) is 3.59. The van der Waals surface area contributed by atoms with Crippen molar-refractivity contribution in [3.63, 3.8) is 0 Å². The standard InChI is InChI=1S/C16H12F3NS/c1-20-16(15-11(18)3-2-4-12(15)19)14-7-9-5-6-10(17)8-13(9)21-14/h2-8,16,20H,1H3. The molecule has 21 heavy (non-hydrogen) atoms. The molecule has 0 fully saturated rings. The Kier molecular flexibility index (Phi) is 3.69. The van der Waals surface area contributed by atoms with Gasteiger partial charge in [-0.1, -0.05) is 12.1 Å². The number of benzene rings is 2. The van der Waals surface area contributed by atoms with Crippen molar-refractivity contribution in [2.45, 2.75) is 6.04 Å². The molecule has 3 rings (SSSR count). The molecule has 1 heterocycles. The average molecular weight is 307 g/mol. The van der Waals surface area contributed by atoms with Gasteiger partial charge in [-0.3, -0.25) is 0 Å². The Morgan fingerprint density at radius 1 is 1.00 bits per heavy atom. The summed E-state index contributed by atoms with van der Waals surface area (Å²) >= 11 is 1.32. The summed E-state index contributed by atoms with van der Waals surface area (Å²) in [4.78, 5) is 0.738. The first-order valence-electron chi connectivity index (χ1n) is 6.40. The summed E-state index contributed by atoms with van der Waals surface area (Å²) in [6, 6.07) is 9.48. The normalized spacial score (nSPS) is 12.8. The van der Waals surface area contributed by atoms with Gasteiger partial charge in [-0.15, -0.1) is 11.3 Å². The number of hydrogen-bond donors (Lipinski definition) is 1. The summed E-state index contributed by atoms with van der Waals surface area (Å²) in [7, 11) is 1.64. The molecule has 1 nitrogen and oxygen atoms in total. The zero-order chi connectivity index (χ0) is 15.0. The molecular formula is C16H12F3NS. The molecule has 1 aromatic heterocycles. The maximum Gasteiger partial charge on any atom is 0.131 e. The molecule has 0 spiro atoms. The van der Waals surface area contributed by atoms with Gasteiger partial charge in [-0.05, 0) is 42.8 Å². The van der Waals surface area contributed by atoms with Crippen LogP contribution in [-0.2, 0) is 0 Å². The molecule has 0 aliphatic carbocycles. The van der Waals surface area contributed by atoms with Crippen LogP contribution >= 0.6 is 11.3 Å². The van der Waals surface area contributed by atoms with E-state index in [9.17, 15) is 13.2 Å². The first kappa shape index (κ1) is 14.1. The smallest absolute Gasteiger partial charge is 0.131 e. The molecular weight excluding hydrogens is 295 g/mol. The summed E-state index contributed by atoms with van der Waals surface area (Å²) in [5.74, 6) is -1.52. The van der Waals surface area contributed by atoms with E-state index >= 15 is 0 Å². The second-order valence-corrected chi connectivity index (χ2v) is 5.80. The van der Waals surface area contributed by atoms with Crippen molar-refractivity contribution in [1.29, 1.82) is 0 Å². The van der Waals surface area contributed by atoms with Gasteiger partial charge in [0.25, 0.3) is 0 Å². The highest BCUT2D eigenvalue weighted by Crippen LogP contribution is 2.35. The molecule has 1 atom stereocenters. The molecule has 1 unspecified atom stereocenters. The monoisotopic (exact) mass is 307 g/mol. The Bertz CT molecular complexity index is 777. The first-order valence-corrected chi connectivity index (χ1v) is 7.22. The van der Waals surface area contributed by atoms with Gasteiger partial charge in [0.1, 0.15) is 17.5 Å². The van der Waals surface area contributed by atoms with E-state index < -0.39 is 17.7 Å². The minimum atomic E-state index is -0.605. The van der Waals surface area contributed by atoms with Crippen molar-refractivity contribution >= 4 is 21.4 Å². The molecule has 0 bridgehead atoms. The maximum atomic E-state index is 14.0. The summed E-state index contributed by atoms with van der Waals surface area (Å²) in [6.07, 6.45) is 0. The molecule has 0 radical (unpaired) electrons. The Labute approximate surface area is 124 Å². The minimum absolute atomic E-state index is 0.0213. The van der Waals surface area contributed by atoms with E-state index in [0.717, 1.165) is 15.0 Å². The van der Waals surface area contributed by atoms with Crippen LogP contribution < -0.4 is 5.32 Å². The second-order valence-electron chi connectivity index (χ2n) is 4.69. The summed E-state index contributed by atoms with van der Waals surface area (Å²) in [5.41, 5.74) is -0.0213. The van der Waals surface area contributed by atoms with Crippen molar-refractivity contribution in [3.05, 3.63) is 70.4 Å². The minimum Gasteiger partial charge on any atom is -0.308 e. The third kappa shape index (κ3) is 2.54. The van der Waals surface area contributed by atoms with Crippen LogP contribution in [0.4, 0.5) is 13.2 Å². The van der Waals surface area contributed by atoms with Crippen LogP contribution in [0.3, 0.4) is 0 Å². The van der Waals surface area contributed by atoms with E-state index in [2.05, 4.69) is 5.32 Å². The number of nitrogens with one attached hydrogen (secondary N) is 1. The van der Waals surface area contributed by atoms with Crippen molar-refractivity contribution in [1.82, 2.24) is 5.32 Å². The molecule has 5 heteroatoms. The Morgan fingerprint density at radius 3 is 2.38 bits per heavy atom. The van der Waals surface area contributed by atoms with Gasteiger partial charge in [0.15, 0.2) is 0 Å². The lowest BCUT2D eigenvalue weighted by molar-refractivity contribution is 0.525. The van der Waals surface area contributed by atoms with Crippen molar-refractivity contribution < 1.29 is 13.2 Å². The molecule has 0 amide bonds. The molecule has 3 aromatic rings. The fourth-order valence-electron chi connectivity index (χ4n) is 2.38. The van der Waals surface area contributed by atoms with Gasteiger partial charge in [0.05, 0.1) is 6.04 Å². The van der Waals surface area contributed by atoms with Crippen molar-refractivity contribution in [2.75, 3.05) is 7.05 Å². The molecule has 0 saturated carbocycles. The van der Waals surface area contributed by atoms with Gasteiger partial charge >= 0.3 is 0 Å². The van der Waals surface area contributed by atoms with Crippen LogP contribution in [-0.4, -0.2) is 7.05 Å². The van der Waals surface area contributed by atoms with Crippen LogP contribution in [0.1, 0.15) is 16.5 Å². The van der Waals surface area contributed by atoms with E-state index in [1.54, 1.807) is 13.1 Å². The molecule has 2 aromatic carbocycles. The van der Waals surface area contributed by atoms with E-state index in [-0.39, 0.29) is 11.4 Å². The lowest BCUT2D eigenvalue weighted by Gasteiger charge is -2.16. The highest BCUT2D eigenvalue weighted by molar-refractivity contribution is 7.19. The van der Waals surface area contributed by atoms with Crippen LogP contribution in [0.2, 0.25) is 0 Å². The van der Waals surface area contributed by atoms with Gasteiger partial charge in [-0.2, -0.15) is 0 Å². The zero-order valence-electron chi connectivity index (χ0n) is 11.2. The first-order chi connectivity index (χ1) is 10.1. The Morgan fingerprint density at radius 2 is 1.71 bits per heavy atom. The molecule has 0 aliphatic rings. The van der Waals surface area contributed by atoms with Crippen molar-refractivity contribution in [3.8, 4) is 0 Å². The van der Waals surface area contributed by atoms with E-state index in [1.165, 1.54) is 41.7 Å². The number of fused-ring (bicyclic) bond motifs is 1. The van der Waals surface area contributed by atoms with Gasteiger partial charge in [0.2, 0.25) is 0 Å². The quantitative estimate of drug-likeness (QED) is 0.744. The van der Waals surface area contributed by atoms with Gasteiger partial charge < -0.3 is 5.32 Å². The van der Waals surface area contributed by atoms with Crippen LogP contribution in [0, 0.1) is 17.5 Å². The second kappa shape index (κ2) is 5.50. The van der Waals surface area contributed by atoms with E-state index in [0.29, 0.717) is 0 Å².